The number of benzene rings is 4. The number of rotatable bonds is 9. The highest BCUT2D eigenvalue weighted by molar-refractivity contribution is 7.89. The number of methoxy groups -OCH3 is 1. The molecule has 9 heteroatoms. The second-order valence-electron chi connectivity index (χ2n) is 10.4. The summed E-state index contributed by atoms with van der Waals surface area (Å²) in [6.45, 7) is 5.32. The number of anilines is 1. The molecule has 0 saturated carbocycles. The molecule has 0 aliphatic heterocycles. The van der Waals surface area contributed by atoms with Crippen LogP contribution in [0.5, 0.6) is 5.75 Å². The molecule has 1 atom stereocenters. The minimum absolute atomic E-state index is 0.114. The predicted octanol–water partition coefficient (Wildman–Crippen LogP) is 4.91. The van der Waals surface area contributed by atoms with Gasteiger partial charge in [-0.2, -0.15) is 0 Å². The first-order valence-corrected chi connectivity index (χ1v) is 14.3. The number of hydrogen-bond acceptors (Lipinski definition) is 5. The second-order valence-corrected chi connectivity index (χ2v) is 12.1. The smallest absolute Gasteiger partial charge is 0.251 e. The van der Waals surface area contributed by atoms with Crippen molar-refractivity contribution < 1.29 is 22.7 Å². The average molecular weight is 560 g/mol. The normalized spacial score (nSPS) is 12.5. The standard InChI is InChI=1S/C31H33N3O5S/c1-31(2,3)34-40(37,38)28-15-9-12-24-25(28)13-8-14-26(24)32-30(36)27(20-21-16-18-23(39-4)19-17-21)33-29(35)22-10-6-5-7-11-22/h5-19,27,34H,20H2,1-4H3,(H,32,36)(H,33,35). The maximum absolute atomic E-state index is 13.6. The summed E-state index contributed by atoms with van der Waals surface area (Å²) in [6, 6.07) is 25.0. The Labute approximate surface area is 234 Å². The molecule has 0 aliphatic rings. The summed E-state index contributed by atoms with van der Waals surface area (Å²) >= 11 is 0. The van der Waals surface area contributed by atoms with Crippen molar-refractivity contribution in [3.05, 3.63) is 102 Å². The summed E-state index contributed by atoms with van der Waals surface area (Å²) in [6.07, 6.45) is 0.230. The van der Waals surface area contributed by atoms with Gasteiger partial charge in [-0.25, -0.2) is 13.1 Å². The van der Waals surface area contributed by atoms with Crippen molar-refractivity contribution >= 4 is 38.3 Å². The van der Waals surface area contributed by atoms with E-state index in [0.29, 0.717) is 27.8 Å². The summed E-state index contributed by atoms with van der Waals surface area (Å²) < 4.78 is 34.2. The molecule has 4 aromatic carbocycles. The summed E-state index contributed by atoms with van der Waals surface area (Å²) in [5, 5.41) is 6.80. The van der Waals surface area contributed by atoms with Gasteiger partial charge in [0.15, 0.2) is 0 Å². The van der Waals surface area contributed by atoms with Crippen molar-refractivity contribution in [1.29, 1.82) is 0 Å². The zero-order valence-electron chi connectivity index (χ0n) is 22.9. The number of hydrogen-bond donors (Lipinski definition) is 3. The highest BCUT2D eigenvalue weighted by Crippen LogP contribution is 2.29. The van der Waals surface area contributed by atoms with Gasteiger partial charge >= 0.3 is 0 Å². The van der Waals surface area contributed by atoms with E-state index in [-0.39, 0.29) is 17.2 Å². The molecule has 0 radical (unpaired) electrons. The first-order chi connectivity index (χ1) is 19.0. The van der Waals surface area contributed by atoms with Crippen LogP contribution < -0.4 is 20.1 Å². The topological polar surface area (TPSA) is 114 Å². The average Bonchev–Trinajstić information content (AvgIpc) is 2.92. The number of ether oxygens (including phenoxy) is 1. The van der Waals surface area contributed by atoms with Gasteiger partial charge in [-0.15, -0.1) is 0 Å². The van der Waals surface area contributed by atoms with Gasteiger partial charge < -0.3 is 15.4 Å². The zero-order valence-corrected chi connectivity index (χ0v) is 23.7. The lowest BCUT2D eigenvalue weighted by Gasteiger charge is -2.22. The molecule has 208 valence electrons. The molecule has 3 N–H and O–H groups in total. The molecule has 2 amide bonds. The molecule has 1 unspecified atom stereocenters. The minimum Gasteiger partial charge on any atom is -0.497 e. The number of amides is 2. The Morgan fingerprint density at radius 3 is 2.12 bits per heavy atom. The van der Waals surface area contributed by atoms with Crippen LogP contribution in [0.1, 0.15) is 36.7 Å². The molecule has 0 saturated heterocycles. The van der Waals surface area contributed by atoms with Crippen LogP contribution in [-0.2, 0) is 21.2 Å². The van der Waals surface area contributed by atoms with Gasteiger partial charge in [-0.05, 0) is 62.7 Å². The highest BCUT2D eigenvalue weighted by atomic mass is 32.2. The lowest BCUT2D eigenvalue weighted by Crippen LogP contribution is -2.45. The molecule has 0 fully saturated rings. The van der Waals surface area contributed by atoms with Crippen LogP contribution in [-0.4, -0.2) is 38.9 Å². The van der Waals surface area contributed by atoms with Crippen LogP contribution in [0.25, 0.3) is 10.8 Å². The van der Waals surface area contributed by atoms with Crippen LogP contribution in [0, 0.1) is 0 Å². The van der Waals surface area contributed by atoms with Gasteiger partial charge in [-0.1, -0.05) is 54.6 Å². The van der Waals surface area contributed by atoms with Gasteiger partial charge in [0.1, 0.15) is 11.8 Å². The van der Waals surface area contributed by atoms with Crippen LogP contribution >= 0.6 is 0 Å². The maximum Gasteiger partial charge on any atom is 0.251 e. The monoisotopic (exact) mass is 559 g/mol. The molecule has 0 heterocycles. The van der Waals surface area contributed by atoms with E-state index in [1.807, 2.05) is 18.2 Å². The molecule has 4 aromatic rings. The number of fused-ring (bicyclic) bond motifs is 1. The van der Waals surface area contributed by atoms with Gasteiger partial charge in [0, 0.05) is 34.0 Å². The first kappa shape index (κ1) is 28.8. The van der Waals surface area contributed by atoms with E-state index in [1.54, 1.807) is 94.6 Å². The number of carbonyl (C=O) groups is 2. The lowest BCUT2D eigenvalue weighted by atomic mass is 10.0. The van der Waals surface area contributed by atoms with Crippen molar-refractivity contribution in [2.24, 2.45) is 0 Å². The van der Waals surface area contributed by atoms with Crippen molar-refractivity contribution in [3.63, 3.8) is 0 Å². The van der Waals surface area contributed by atoms with Gasteiger partial charge in [-0.3, -0.25) is 9.59 Å². The predicted molar refractivity (Wildman–Crippen MR) is 157 cm³/mol. The highest BCUT2D eigenvalue weighted by Gasteiger charge is 2.26. The Kier molecular flexibility index (Phi) is 8.56. The molecule has 8 nitrogen and oxygen atoms in total. The van der Waals surface area contributed by atoms with Crippen molar-refractivity contribution in [2.45, 2.75) is 43.7 Å². The summed E-state index contributed by atoms with van der Waals surface area (Å²) in [5.74, 6) is -0.136. The van der Waals surface area contributed by atoms with E-state index in [1.165, 1.54) is 6.07 Å². The van der Waals surface area contributed by atoms with Crippen LogP contribution in [0.3, 0.4) is 0 Å². The molecular weight excluding hydrogens is 526 g/mol. The zero-order chi connectivity index (χ0) is 28.9. The van der Waals surface area contributed by atoms with E-state index in [9.17, 15) is 18.0 Å². The van der Waals surface area contributed by atoms with E-state index in [4.69, 9.17) is 4.74 Å². The number of nitrogens with one attached hydrogen (secondary N) is 3. The summed E-state index contributed by atoms with van der Waals surface area (Å²) in [4.78, 5) is 26.8. The quantitative estimate of drug-likeness (QED) is 0.270. The van der Waals surface area contributed by atoms with E-state index >= 15 is 0 Å². The molecule has 0 spiro atoms. The molecule has 4 rings (SSSR count). The summed E-state index contributed by atoms with van der Waals surface area (Å²) in [5.41, 5.74) is 1.03. The van der Waals surface area contributed by atoms with E-state index in [0.717, 1.165) is 5.56 Å². The van der Waals surface area contributed by atoms with Crippen molar-refractivity contribution in [1.82, 2.24) is 10.0 Å². The third kappa shape index (κ3) is 7.05. The van der Waals surface area contributed by atoms with Gasteiger partial charge in [0.25, 0.3) is 5.91 Å². The van der Waals surface area contributed by atoms with Gasteiger partial charge in [0.2, 0.25) is 15.9 Å². The fourth-order valence-electron chi connectivity index (χ4n) is 4.34. The van der Waals surface area contributed by atoms with Crippen LogP contribution in [0.4, 0.5) is 5.69 Å². The molecule has 0 aromatic heterocycles. The Bertz CT molecular complexity index is 1610. The fourth-order valence-corrected chi connectivity index (χ4v) is 5.98. The first-order valence-electron chi connectivity index (χ1n) is 12.8. The maximum atomic E-state index is 13.6. The third-order valence-electron chi connectivity index (χ3n) is 6.13. The van der Waals surface area contributed by atoms with E-state index in [2.05, 4.69) is 15.4 Å². The Hall–Kier alpha value is -4.21. The van der Waals surface area contributed by atoms with E-state index < -0.39 is 27.5 Å². The molecular formula is C31H33N3O5S. The lowest BCUT2D eigenvalue weighted by molar-refractivity contribution is -0.118. The largest absolute Gasteiger partial charge is 0.497 e. The number of sulfonamides is 1. The Morgan fingerprint density at radius 2 is 1.48 bits per heavy atom. The summed E-state index contributed by atoms with van der Waals surface area (Å²) in [7, 11) is -2.25. The van der Waals surface area contributed by atoms with Gasteiger partial charge in [0.05, 0.1) is 12.0 Å². The molecule has 40 heavy (non-hydrogen) atoms. The van der Waals surface area contributed by atoms with Crippen molar-refractivity contribution in [3.8, 4) is 5.75 Å². The van der Waals surface area contributed by atoms with Crippen LogP contribution in [0.2, 0.25) is 0 Å². The SMILES string of the molecule is COc1ccc(CC(NC(=O)c2ccccc2)C(=O)Nc2cccc3c(S(=O)(=O)NC(C)(C)C)cccc23)cc1. The minimum atomic E-state index is -3.83. The second kappa shape index (κ2) is 11.9. The fraction of sp³-hybridized carbons (Fsp3) is 0.226. The van der Waals surface area contributed by atoms with Crippen molar-refractivity contribution in [2.75, 3.05) is 12.4 Å². The number of carbonyl (C=O) groups excluding carboxylic acids is 2. The molecule has 0 bridgehead atoms. The Balaban J connectivity index is 1.66. The van der Waals surface area contributed by atoms with Crippen LogP contribution in [0.15, 0.2) is 95.9 Å². The molecule has 0 aliphatic carbocycles. The third-order valence-corrected chi connectivity index (χ3v) is 7.94. The Morgan fingerprint density at radius 1 is 0.825 bits per heavy atom.